The summed E-state index contributed by atoms with van der Waals surface area (Å²) in [5, 5.41) is 10.0. The topological polar surface area (TPSA) is 88.7 Å². The number of hydrogen-bond donors (Lipinski definition) is 2. The highest BCUT2D eigenvalue weighted by Crippen LogP contribution is 2.33. The maximum atomic E-state index is 13.5. The van der Waals surface area contributed by atoms with Crippen LogP contribution < -0.4 is 14.8 Å². The van der Waals surface area contributed by atoms with Gasteiger partial charge in [-0.15, -0.1) is 0 Å². The summed E-state index contributed by atoms with van der Waals surface area (Å²) in [6.45, 7) is 4.83. The Kier molecular flexibility index (Phi) is 7.01. The number of likely N-dealkylation sites (N-methyl/N-ethyl adjacent to an activating group) is 1. The second-order valence-electron chi connectivity index (χ2n) is 9.05. The molecule has 35 heavy (non-hydrogen) atoms. The summed E-state index contributed by atoms with van der Waals surface area (Å²) in [5.74, 6) is 1.40. The average Bonchev–Trinajstić information content (AvgIpc) is 3.61. The number of H-pyrrole nitrogens is 1. The first-order chi connectivity index (χ1) is 17.1. The lowest BCUT2D eigenvalue weighted by Crippen LogP contribution is -2.47. The number of aromatic amines is 1. The fraction of sp³-hybridized carbons (Fsp3) is 0.407. The summed E-state index contributed by atoms with van der Waals surface area (Å²) in [5.41, 5.74) is 4.97. The van der Waals surface area contributed by atoms with Gasteiger partial charge in [0.1, 0.15) is 18.1 Å². The SMILES string of the molecule is CCN1Cc2ccc(OC)cc2C[C@@H]1C(=O)Nc1ccc(-c2cn[nH]c2)cc1OCC1CCCO1. The van der Waals surface area contributed by atoms with E-state index in [1.165, 1.54) is 5.56 Å². The molecule has 2 aliphatic heterocycles. The van der Waals surface area contributed by atoms with Gasteiger partial charge in [-0.1, -0.05) is 19.1 Å². The van der Waals surface area contributed by atoms with Crippen LogP contribution in [0.15, 0.2) is 48.8 Å². The van der Waals surface area contributed by atoms with Crippen molar-refractivity contribution in [1.82, 2.24) is 15.1 Å². The number of ether oxygens (including phenoxy) is 3. The van der Waals surface area contributed by atoms with Crippen molar-refractivity contribution in [2.45, 2.75) is 44.9 Å². The fourth-order valence-electron chi connectivity index (χ4n) is 4.84. The molecule has 5 rings (SSSR count). The lowest BCUT2D eigenvalue weighted by Gasteiger charge is -2.35. The van der Waals surface area contributed by atoms with Gasteiger partial charge in [0, 0.05) is 24.9 Å². The van der Waals surface area contributed by atoms with Crippen LogP contribution in [0.25, 0.3) is 11.1 Å². The average molecular weight is 477 g/mol. The molecule has 8 nitrogen and oxygen atoms in total. The maximum Gasteiger partial charge on any atom is 0.242 e. The summed E-state index contributed by atoms with van der Waals surface area (Å²) in [7, 11) is 1.67. The highest BCUT2D eigenvalue weighted by Gasteiger charge is 2.31. The zero-order chi connectivity index (χ0) is 24.2. The van der Waals surface area contributed by atoms with E-state index in [0.29, 0.717) is 24.5 Å². The van der Waals surface area contributed by atoms with E-state index in [-0.39, 0.29) is 18.1 Å². The predicted molar refractivity (Wildman–Crippen MR) is 134 cm³/mol. The van der Waals surface area contributed by atoms with E-state index in [4.69, 9.17) is 14.2 Å². The first-order valence-electron chi connectivity index (χ1n) is 12.2. The number of hydrogen-bond acceptors (Lipinski definition) is 6. The second-order valence-corrected chi connectivity index (χ2v) is 9.05. The number of rotatable bonds is 8. The van der Waals surface area contributed by atoms with Gasteiger partial charge in [-0.05, 0) is 66.8 Å². The minimum Gasteiger partial charge on any atom is -0.497 e. The summed E-state index contributed by atoms with van der Waals surface area (Å²) < 4.78 is 17.3. The van der Waals surface area contributed by atoms with Gasteiger partial charge in [-0.25, -0.2) is 0 Å². The molecule has 1 amide bonds. The van der Waals surface area contributed by atoms with Gasteiger partial charge in [0.05, 0.1) is 31.1 Å². The Balaban J connectivity index is 1.37. The van der Waals surface area contributed by atoms with Gasteiger partial charge in [0.2, 0.25) is 5.91 Å². The van der Waals surface area contributed by atoms with Crippen LogP contribution in [0.3, 0.4) is 0 Å². The molecule has 3 aromatic rings. The smallest absolute Gasteiger partial charge is 0.242 e. The van der Waals surface area contributed by atoms with E-state index in [2.05, 4.69) is 33.4 Å². The quantitative estimate of drug-likeness (QED) is 0.510. The van der Waals surface area contributed by atoms with Gasteiger partial charge in [0.25, 0.3) is 0 Å². The Bertz CT molecular complexity index is 1160. The van der Waals surface area contributed by atoms with Crippen LogP contribution in [0, 0.1) is 0 Å². The van der Waals surface area contributed by atoms with Crippen LogP contribution in [-0.2, 0) is 22.5 Å². The van der Waals surface area contributed by atoms with E-state index in [0.717, 1.165) is 55.0 Å². The fourth-order valence-corrected chi connectivity index (χ4v) is 4.84. The molecular formula is C27H32N4O4. The molecule has 2 aromatic carbocycles. The van der Waals surface area contributed by atoms with Gasteiger partial charge >= 0.3 is 0 Å². The van der Waals surface area contributed by atoms with E-state index < -0.39 is 0 Å². The van der Waals surface area contributed by atoms with Gasteiger partial charge in [-0.2, -0.15) is 5.10 Å². The molecule has 2 N–H and O–H groups in total. The molecule has 3 heterocycles. The van der Waals surface area contributed by atoms with Gasteiger partial charge in [0.15, 0.2) is 0 Å². The molecule has 0 spiro atoms. The number of fused-ring (bicyclic) bond motifs is 1. The Morgan fingerprint density at radius 3 is 2.89 bits per heavy atom. The van der Waals surface area contributed by atoms with Gasteiger partial charge < -0.3 is 19.5 Å². The Hall–Kier alpha value is -3.36. The number of nitrogens with one attached hydrogen (secondary N) is 2. The summed E-state index contributed by atoms with van der Waals surface area (Å²) in [6.07, 6.45) is 6.35. The largest absolute Gasteiger partial charge is 0.497 e. The summed E-state index contributed by atoms with van der Waals surface area (Å²) in [4.78, 5) is 15.8. The molecule has 0 bridgehead atoms. The van der Waals surface area contributed by atoms with E-state index in [1.54, 1.807) is 13.3 Å². The number of methoxy groups -OCH3 is 1. The standard InChI is InChI=1S/C27H32N4O4/c1-3-31-16-19-6-8-22(33-2)11-20(19)12-25(31)27(32)30-24-9-7-18(21-14-28-29-15-21)13-26(24)35-17-23-5-4-10-34-23/h6-9,11,13-15,23,25H,3-5,10,12,16-17H2,1-2H3,(H,28,29)(H,30,32)/t23?,25-/m1/s1. The molecule has 0 aliphatic carbocycles. The van der Waals surface area contributed by atoms with Crippen LogP contribution in [0.5, 0.6) is 11.5 Å². The maximum absolute atomic E-state index is 13.5. The Morgan fingerprint density at radius 2 is 2.14 bits per heavy atom. The molecule has 1 fully saturated rings. The first-order valence-corrected chi connectivity index (χ1v) is 12.2. The van der Waals surface area contributed by atoms with Crippen molar-refractivity contribution in [2.75, 3.05) is 32.2 Å². The third-order valence-electron chi connectivity index (χ3n) is 6.87. The number of aromatic nitrogens is 2. The molecule has 2 atom stereocenters. The molecule has 1 aromatic heterocycles. The highest BCUT2D eigenvalue weighted by atomic mass is 16.5. The lowest BCUT2D eigenvalue weighted by molar-refractivity contribution is -0.121. The van der Waals surface area contributed by atoms with Crippen molar-refractivity contribution in [3.05, 3.63) is 59.9 Å². The molecule has 184 valence electrons. The lowest BCUT2D eigenvalue weighted by atomic mass is 9.93. The highest BCUT2D eigenvalue weighted by molar-refractivity contribution is 5.97. The molecular weight excluding hydrogens is 444 g/mol. The molecule has 0 radical (unpaired) electrons. The Labute approximate surface area is 205 Å². The zero-order valence-electron chi connectivity index (χ0n) is 20.3. The van der Waals surface area contributed by atoms with Crippen LogP contribution in [-0.4, -0.2) is 60.0 Å². The second kappa shape index (κ2) is 10.5. The van der Waals surface area contributed by atoms with Crippen molar-refractivity contribution in [2.24, 2.45) is 0 Å². The van der Waals surface area contributed by atoms with Crippen LogP contribution in [0.2, 0.25) is 0 Å². The third kappa shape index (κ3) is 5.18. The van der Waals surface area contributed by atoms with Crippen molar-refractivity contribution in [3.63, 3.8) is 0 Å². The van der Waals surface area contributed by atoms with E-state index >= 15 is 0 Å². The van der Waals surface area contributed by atoms with Crippen molar-refractivity contribution < 1.29 is 19.0 Å². The zero-order valence-corrected chi connectivity index (χ0v) is 20.3. The van der Waals surface area contributed by atoms with Crippen LogP contribution in [0.4, 0.5) is 5.69 Å². The summed E-state index contributed by atoms with van der Waals surface area (Å²) >= 11 is 0. The van der Waals surface area contributed by atoms with E-state index in [9.17, 15) is 4.79 Å². The minimum absolute atomic E-state index is 0.0432. The number of amides is 1. The number of carbonyl (C=O) groups is 1. The first kappa shape index (κ1) is 23.4. The molecule has 8 heteroatoms. The molecule has 1 unspecified atom stereocenters. The van der Waals surface area contributed by atoms with Crippen LogP contribution >= 0.6 is 0 Å². The number of carbonyl (C=O) groups excluding carboxylic acids is 1. The van der Waals surface area contributed by atoms with E-state index in [1.807, 2.05) is 36.5 Å². The predicted octanol–water partition coefficient (Wildman–Crippen LogP) is 4.03. The van der Waals surface area contributed by atoms with Gasteiger partial charge in [-0.3, -0.25) is 14.8 Å². The van der Waals surface area contributed by atoms with Crippen molar-refractivity contribution in [3.8, 4) is 22.6 Å². The third-order valence-corrected chi connectivity index (χ3v) is 6.87. The molecule has 1 saturated heterocycles. The minimum atomic E-state index is -0.279. The molecule has 0 saturated carbocycles. The number of anilines is 1. The number of nitrogens with zero attached hydrogens (tertiary/aromatic N) is 2. The molecule has 2 aliphatic rings. The Morgan fingerprint density at radius 1 is 1.23 bits per heavy atom. The summed E-state index contributed by atoms with van der Waals surface area (Å²) in [6, 6.07) is 11.7. The monoisotopic (exact) mass is 476 g/mol. The van der Waals surface area contributed by atoms with Crippen molar-refractivity contribution >= 4 is 11.6 Å². The van der Waals surface area contributed by atoms with Crippen molar-refractivity contribution in [1.29, 1.82) is 0 Å². The van der Waals surface area contributed by atoms with Crippen LogP contribution in [0.1, 0.15) is 30.9 Å². The number of benzene rings is 2. The normalized spacial score (nSPS) is 19.8.